The largest absolute Gasteiger partial charge is 0.348 e. The summed E-state index contributed by atoms with van der Waals surface area (Å²) in [5, 5.41) is 0. The van der Waals surface area contributed by atoms with Crippen LogP contribution in [0.1, 0.15) is 57.1 Å². The molecule has 3 aliphatic rings. The molecule has 1 spiro atoms. The number of ether oxygens (including phenoxy) is 2. The predicted molar refractivity (Wildman–Crippen MR) is 98.0 cm³/mol. The van der Waals surface area contributed by atoms with Crippen molar-refractivity contribution in [2.45, 2.75) is 64.7 Å². The number of nitrogens with zero attached hydrogens (tertiary/aromatic N) is 1. The molecule has 2 heterocycles. The van der Waals surface area contributed by atoms with Crippen LogP contribution in [-0.2, 0) is 22.4 Å². The molecule has 24 heavy (non-hydrogen) atoms. The SMILES string of the molecule is CC.c1ccc2c(c1)CCN(CCC1CCC3(CC1)OCCO3)C2. The standard InChI is InChI=1S/C19H27NO2.C2H6/c1-2-4-18-15-20(12-8-17(18)3-1)11-7-16-5-9-19(10-6-16)21-13-14-22-19;1-2/h1-4,16H,5-15H2;1-2H3. The summed E-state index contributed by atoms with van der Waals surface area (Å²) in [5.74, 6) is 0.663. The van der Waals surface area contributed by atoms with Crippen LogP contribution in [0.5, 0.6) is 0 Å². The monoisotopic (exact) mass is 331 g/mol. The molecule has 1 aliphatic carbocycles. The van der Waals surface area contributed by atoms with E-state index in [2.05, 4.69) is 29.2 Å². The summed E-state index contributed by atoms with van der Waals surface area (Å²) in [6, 6.07) is 8.92. The van der Waals surface area contributed by atoms with Gasteiger partial charge in [0.2, 0.25) is 0 Å². The Kier molecular flexibility index (Phi) is 6.31. The number of benzene rings is 1. The minimum absolute atomic E-state index is 0.194. The van der Waals surface area contributed by atoms with E-state index in [9.17, 15) is 0 Å². The predicted octanol–water partition coefficient (Wildman–Crippen LogP) is 4.39. The summed E-state index contributed by atoms with van der Waals surface area (Å²) < 4.78 is 11.7. The van der Waals surface area contributed by atoms with Gasteiger partial charge in [-0.3, -0.25) is 4.90 Å². The van der Waals surface area contributed by atoms with Crippen molar-refractivity contribution in [3.63, 3.8) is 0 Å². The molecule has 0 unspecified atom stereocenters. The maximum absolute atomic E-state index is 5.83. The minimum Gasteiger partial charge on any atom is -0.348 e. The average Bonchev–Trinajstić information content (AvgIpc) is 3.11. The van der Waals surface area contributed by atoms with Crippen molar-refractivity contribution in [3.8, 4) is 0 Å². The summed E-state index contributed by atoms with van der Waals surface area (Å²) in [4.78, 5) is 2.63. The Labute approximate surface area is 147 Å². The third-order valence-electron chi connectivity index (χ3n) is 5.74. The highest BCUT2D eigenvalue weighted by molar-refractivity contribution is 5.28. The molecule has 0 N–H and O–H groups in total. The highest BCUT2D eigenvalue weighted by Crippen LogP contribution is 2.39. The molecule has 2 fully saturated rings. The molecular weight excluding hydrogens is 298 g/mol. The zero-order valence-corrected chi connectivity index (χ0v) is 15.4. The second kappa shape index (κ2) is 8.46. The van der Waals surface area contributed by atoms with E-state index in [1.165, 1.54) is 44.3 Å². The third kappa shape index (κ3) is 4.19. The molecule has 134 valence electrons. The zero-order valence-electron chi connectivity index (χ0n) is 15.4. The first-order valence-corrected chi connectivity index (χ1v) is 9.90. The number of fused-ring (bicyclic) bond motifs is 1. The van der Waals surface area contributed by atoms with Crippen molar-refractivity contribution in [3.05, 3.63) is 35.4 Å². The number of hydrogen-bond donors (Lipinski definition) is 0. The van der Waals surface area contributed by atoms with Crippen LogP contribution in [0.2, 0.25) is 0 Å². The van der Waals surface area contributed by atoms with E-state index in [1.54, 1.807) is 5.56 Å². The molecular formula is C21H33NO2. The first-order chi connectivity index (χ1) is 11.8. The fourth-order valence-corrected chi connectivity index (χ4v) is 4.30. The lowest BCUT2D eigenvalue weighted by atomic mass is 9.83. The van der Waals surface area contributed by atoms with Gasteiger partial charge < -0.3 is 9.47 Å². The van der Waals surface area contributed by atoms with Gasteiger partial charge >= 0.3 is 0 Å². The summed E-state index contributed by atoms with van der Waals surface area (Å²) >= 11 is 0. The maximum Gasteiger partial charge on any atom is 0.168 e. The first-order valence-electron chi connectivity index (χ1n) is 9.90. The molecule has 3 heteroatoms. The highest BCUT2D eigenvalue weighted by atomic mass is 16.7. The van der Waals surface area contributed by atoms with Crippen LogP contribution in [0.15, 0.2) is 24.3 Å². The van der Waals surface area contributed by atoms with Crippen molar-refractivity contribution in [1.82, 2.24) is 4.90 Å². The Morgan fingerprint density at radius 3 is 2.42 bits per heavy atom. The van der Waals surface area contributed by atoms with Crippen molar-refractivity contribution in [2.75, 3.05) is 26.3 Å². The van der Waals surface area contributed by atoms with Crippen LogP contribution in [0.4, 0.5) is 0 Å². The van der Waals surface area contributed by atoms with Gasteiger partial charge in [-0.2, -0.15) is 0 Å². The van der Waals surface area contributed by atoms with E-state index in [0.29, 0.717) is 0 Å². The van der Waals surface area contributed by atoms with E-state index in [0.717, 1.165) is 38.5 Å². The van der Waals surface area contributed by atoms with Crippen LogP contribution in [-0.4, -0.2) is 37.0 Å². The van der Waals surface area contributed by atoms with Gasteiger partial charge in [0.15, 0.2) is 5.79 Å². The Balaban J connectivity index is 0.000000815. The summed E-state index contributed by atoms with van der Waals surface area (Å²) in [5.41, 5.74) is 3.08. The molecule has 0 aromatic heterocycles. The van der Waals surface area contributed by atoms with Crippen LogP contribution >= 0.6 is 0 Å². The van der Waals surface area contributed by atoms with Crippen LogP contribution in [0, 0.1) is 5.92 Å². The van der Waals surface area contributed by atoms with Gasteiger partial charge in [0, 0.05) is 25.9 Å². The molecule has 0 amide bonds. The van der Waals surface area contributed by atoms with E-state index < -0.39 is 0 Å². The Morgan fingerprint density at radius 2 is 1.71 bits per heavy atom. The van der Waals surface area contributed by atoms with Gasteiger partial charge in [0.1, 0.15) is 0 Å². The van der Waals surface area contributed by atoms with Crippen LogP contribution in [0.3, 0.4) is 0 Å². The molecule has 0 bridgehead atoms. The Hall–Kier alpha value is -0.900. The summed E-state index contributed by atoms with van der Waals surface area (Å²) in [7, 11) is 0. The normalized spacial score (nSPS) is 23.6. The number of hydrogen-bond acceptors (Lipinski definition) is 3. The van der Waals surface area contributed by atoms with Gasteiger partial charge in [-0.1, -0.05) is 38.1 Å². The van der Waals surface area contributed by atoms with Gasteiger partial charge in [0.25, 0.3) is 0 Å². The molecule has 1 saturated carbocycles. The van der Waals surface area contributed by atoms with E-state index in [4.69, 9.17) is 9.47 Å². The molecule has 2 aliphatic heterocycles. The molecule has 1 aromatic carbocycles. The van der Waals surface area contributed by atoms with E-state index in [-0.39, 0.29) is 5.79 Å². The van der Waals surface area contributed by atoms with Gasteiger partial charge in [-0.25, -0.2) is 0 Å². The topological polar surface area (TPSA) is 21.7 Å². The van der Waals surface area contributed by atoms with Crippen molar-refractivity contribution >= 4 is 0 Å². The first kappa shape index (κ1) is 17.9. The van der Waals surface area contributed by atoms with Crippen molar-refractivity contribution in [1.29, 1.82) is 0 Å². The lowest BCUT2D eigenvalue weighted by molar-refractivity contribution is -0.182. The van der Waals surface area contributed by atoms with Gasteiger partial charge in [-0.15, -0.1) is 0 Å². The average molecular weight is 332 g/mol. The van der Waals surface area contributed by atoms with Gasteiger partial charge in [-0.05, 0) is 49.3 Å². The molecule has 0 atom stereocenters. The Morgan fingerprint density at radius 1 is 1.04 bits per heavy atom. The zero-order chi connectivity index (χ0) is 16.8. The van der Waals surface area contributed by atoms with E-state index >= 15 is 0 Å². The number of rotatable bonds is 3. The lowest BCUT2D eigenvalue weighted by Gasteiger charge is -2.36. The fraction of sp³-hybridized carbons (Fsp3) is 0.714. The fourth-order valence-electron chi connectivity index (χ4n) is 4.30. The van der Waals surface area contributed by atoms with Crippen LogP contribution in [0.25, 0.3) is 0 Å². The molecule has 0 radical (unpaired) electrons. The summed E-state index contributed by atoms with van der Waals surface area (Å²) in [6.07, 6.45) is 7.28. The maximum atomic E-state index is 5.83. The smallest absolute Gasteiger partial charge is 0.168 e. The van der Waals surface area contributed by atoms with Gasteiger partial charge in [0.05, 0.1) is 13.2 Å². The minimum atomic E-state index is -0.194. The van der Waals surface area contributed by atoms with E-state index in [1.807, 2.05) is 13.8 Å². The quantitative estimate of drug-likeness (QED) is 0.820. The summed E-state index contributed by atoms with van der Waals surface area (Å²) in [6.45, 7) is 9.18. The lowest BCUT2D eigenvalue weighted by Crippen LogP contribution is -2.37. The van der Waals surface area contributed by atoms with Crippen molar-refractivity contribution < 1.29 is 9.47 Å². The molecule has 4 rings (SSSR count). The molecule has 1 saturated heterocycles. The highest BCUT2D eigenvalue weighted by Gasteiger charge is 2.40. The molecule has 3 nitrogen and oxygen atoms in total. The van der Waals surface area contributed by atoms with Crippen molar-refractivity contribution in [2.24, 2.45) is 5.92 Å². The second-order valence-corrected chi connectivity index (χ2v) is 7.13. The Bertz CT molecular complexity index is 500. The molecule has 1 aromatic rings. The van der Waals surface area contributed by atoms with Crippen LogP contribution < -0.4 is 0 Å². The third-order valence-corrected chi connectivity index (χ3v) is 5.74. The second-order valence-electron chi connectivity index (χ2n) is 7.13.